The summed E-state index contributed by atoms with van der Waals surface area (Å²) >= 11 is 0. The molecule has 0 aliphatic rings. The molecule has 0 amide bonds. The molecule has 0 spiro atoms. The third-order valence-electron chi connectivity index (χ3n) is 2.99. The first-order valence-corrected chi connectivity index (χ1v) is 7.73. The number of guanidine groups is 1. The molecule has 136 valence electrons. The summed E-state index contributed by atoms with van der Waals surface area (Å²) in [5.41, 5.74) is 0.731. The van der Waals surface area contributed by atoms with Crippen molar-refractivity contribution in [1.29, 1.82) is 0 Å². The second kappa shape index (κ2) is 9.55. The van der Waals surface area contributed by atoms with Crippen LogP contribution in [0.5, 0.6) is 11.5 Å². The van der Waals surface area contributed by atoms with Crippen LogP contribution in [0.15, 0.2) is 47.6 Å². The number of hydrogen-bond acceptors (Lipinski definition) is 3. The molecule has 0 atom stereocenters. The summed E-state index contributed by atoms with van der Waals surface area (Å²) in [5.74, 6) is 1.63. The van der Waals surface area contributed by atoms with Gasteiger partial charge in [-0.3, -0.25) is 9.98 Å². The van der Waals surface area contributed by atoms with E-state index in [9.17, 15) is 4.39 Å². The van der Waals surface area contributed by atoms with Gasteiger partial charge < -0.3 is 15.4 Å². The lowest BCUT2D eigenvalue weighted by atomic mass is 10.1. The third-order valence-corrected chi connectivity index (χ3v) is 2.99. The molecule has 0 unspecified atom stereocenters. The number of nitrogens with zero attached hydrogens (tertiary/aromatic N) is 2. The maximum absolute atomic E-state index is 12.9. The van der Waals surface area contributed by atoms with Gasteiger partial charge >= 0.3 is 0 Å². The van der Waals surface area contributed by atoms with Gasteiger partial charge in [0.1, 0.15) is 17.3 Å². The van der Waals surface area contributed by atoms with Crippen LogP contribution in [0.25, 0.3) is 0 Å². The van der Waals surface area contributed by atoms with Crippen molar-refractivity contribution in [3.05, 3.63) is 54.1 Å². The molecule has 0 bridgehead atoms. The maximum atomic E-state index is 12.9. The highest BCUT2D eigenvalue weighted by Crippen LogP contribution is 2.21. The Morgan fingerprint density at radius 3 is 2.44 bits per heavy atom. The highest BCUT2D eigenvalue weighted by molar-refractivity contribution is 14.0. The number of rotatable bonds is 4. The fourth-order valence-corrected chi connectivity index (χ4v) is 1.96. The van der Waals surface area contributed by atoms with Crippen LogP contribution in [0.3, 0.4) is 0 Å². The molecule has 0 aliphatic heterocycles. The largest absolute Gasteiger partial charge is 0.457 e. The Morgan fingerprint density at radius 1 is 1.16 bits per heavy atom. The minimum Gasteiger partial charge on any atom is -0.457 e. The SMILES string of the molecule is CN=C(NCc1cc(Oc2ccc(F)cc2)ccn1)NC(C)(C)C.I. The van der Waals surface area contributed by atoms with E-state index >= 15 is 0 Å². The highest BCUT2D eigenvalue weighted by atomic mass is 127. The lowest BCUT2D eigenvalue weighted by Gasteiger charge is -2.23. The molecule has 0 radical (unpaired) electrons. The summed E-state index contributed by atoms with van der Waals surface area (Å²) in [7, 11) is 1.72. The number of halogens is 2. The van der Waals surface area contributed by atoms with Crippen molar-refractivity contribution >= 4 is 29.9 Å². The molecule has 1 aromatic heterocycles. The van der Waals surface area contributed by atoms with Gasteiger partial charge in [0.25, 0.3) is 0 Å². The molecule has 0 fully saturated rings. The number of ether oxygens (including phenoxy) is 1. The van der Waals surface area contributed by atoms with Crippen molar-refractivity contribution in [3.63, 3.8) is 0 Å². The zero-order chi connectivity index (χ0) is 17.6. The topological polar surface area (TPSA) is 58.5 Å². The van der Waals surface area contributed by atoms with Crippen LogP contribution in [-0.4, -0.2) is 23.5 Å². The number of hydrogen-bond donors (Lipinski definition) is 2. The van der Waals surface area contributed by atoms with E-state index < -0.39 is 0 Å². The van der Waals surface area contributed by atoms with Crippen molar-refractivity contribution in [1.82, 2.24) is 15.6 Å². The Balaban J connectivity index is 0.00000312. The minimum atomic E-state index is -0.292. The first-order valence-electron chi connectivity index (χ1n) is 7.73. The quantitative estimate of drug-likeness (QED) is 0.412. The van der Waals surface area contributed by atoms with E-state index in [2.05, 4.69) is 41.4 Å². The molecule has 1 aromatic carbocycles. The van der Waals surface area contributed by atoms with Gasteiger partial charge in [-0.1, -0.05) is 0 Å². The van der Waals surface area contributed by atoms with Crippen molar-refractivity contribution in [2.75, 3.05) is 7.05 Å². The van der Waals surface area contributed by atoms with Gasteiger partial charge in [0.15, 0.2) is 5.96 Å². The van der Waals surface area contributed by atoms with E-state index in [-0.39, 0.29) is 35.3 Å². The van der Waals surface area contributed by atoms with Crippen molar-refractivity contribution in [2.45, 2.75) is 32.9 Å². The van der Waals surface area contributed by atoms with Crippen molar-refractivity contribution in [2.24, 2.45) is 4.99 Å². The second-order valence-corrected chi connectivity index (χ2v) is 6.34. The van der Waals surface area contributed by atoms with Crippen LogP contribution in [0.4, 0.5) is 4.39 Å². The Hall–Kier alpha value is -1.90. The zero-order valence-corrected chi connectivity index (χ0v) is 17.2. The molecule has 25 heavy (non-hydrogen) atoms. The first kappa shape index (κ1) is 21.1. The zero-order valence-electron chi connectivity index (χ0n) is 14.8. The van der Waals surface area contributed by atoms with Crippen LogP contribution >= 0.6 is 24.0 Å². The van der Waals surface area contributed by atoms with E-state index in [4.69, 9.17) is 4.74 Å². The molecule has 0 saturated carbocycles. The molecule has 2 aromatic rings. The average molecular weight is 458 g/mol. The summed E-state index contributed by atoms with van der Waals surface area (Å²) in [6.45, 7) is 6.70. The maximum Gasteiger partial charge on any atom is 0.191 e. The lowest BCUT2D eigenvalue weighted by molar-refractivity contribution is 0.478. The van der Waals surface area contributed by atoms with Gasteiger partial charge in [0, 0.05) is 24.8 Å². The Morgan fingerprint density at radius 2 is 1.84 bits per heavy atom. The predicted octanol–water partition coefficient (Wildman–Crippen LogP) is 4.09. The highest BCUT2D eigenvalue weighted by Gasteiger charge is 2.11. The normalized spacial score (nSPS) is 11.5. The van der Waals surface area contributed by atoms with E-state index in [1.165, 1.54) is 12.1 Å². The number of benzene rings is 1. The second-order valence-electron chi connectivity index (χ2n) is 6.34. The number of pyridine rings is 1. The van der Waals surface area contributed by atoms with Crippen LogP contribution in [0, 0.1) is 5.82 Å². The number of aliphatic imine (C=N–C) groups is 1. The van der Waals surface area contributed by atoms with Gasteiger partial charge in [0.05, 0.1) is 12.2 Å². The van der Waals surface area contributed by atoms with Crippen LogP contribution < -0.4 is 15.4 Å². The minimum absolute atomic E-state index is 0. The number of aromatic nitrogens is 1. The van der Waals surface area contributed by atoms with E-state index in [0.29, 0.717) is 24.0 Å². The molecule has 5 nitrogen and oxygen atoms in total. The van der Waals surface area contributed by atoms with Gasteiger partial charge in [-0.15, -0.1) is 24.0 Å². The Kier molecular flexibility index (Phi) is 8.08. The predicted molar refractivity (Wildman–Crippen MR) is 109 cm³/mol. The summed E-state index contributed by atoms with van der Waals surface area (Å²) < 4.78 is 18.6. The van der Waals surface area contributed by atoms with Gasteiger partial charge in [-0.2, -0.15) is 0 Å². The Labute approximate surface area is 165 Å². The van der Waals surface area contributed by atoms with Gasteiger partial charge in [-0.25, -0.2) is 4.39 Å². The summed E-state index contributed by atoms with van der Waals surface area (Å²) in [6, 6.07) is 9.49. The fraction of sp³-hybridized carbons (Fsp3) is 0.333. The standard InChI is InChI=1S/C18H23FN4O.HI/c1-18(2,3)23-17(20-4)22-12-14-11-16(9-10-21-14)24-15-7-5-13(19)6-8-15;/h5-11H,12H2,1-4H3,(H2,20,22,23);1H. The van der Waals surface area contributed by atoms with Gasteiger partial charge in [-0.05, 0) is 51.1 Å². The monoisotopic (exact) mass is 458 g/mol. The lowest BCUT2D eigenvalue weighted by Crippen LogP contribution is -2.47. The van der Waals surface area contributed by atoms with Crippen molar-refractivity contribution in [3.8, 4) is 11.5 Å². The molecule has 2 N–H and O–H groups in total. The molecule has 2 rings (SSSR count). The number of nitrogens with one attached hydrogen (secondary N) is 2. The van der Waals surface area contributed by atoms with Crippen LogP contribution in [0.2, 0.25) is 0 Å². The Bertz CT molecular complexity index is 699. The van der Waals surface area contributed by atoms with Crippen LogP contribution in [-0.2, 0) is 6.54 Å². The average Bonchev–Trinajstić information content (AvgIpc) is 2.53. The van der Waals surface area contributed by atoms with E-state index in [0.717, 1.165) is 5.69 Å². The van der Waals surface area contributed by atoms with E-state index in [1.807, 2.05) is 6.07 Å². The summed E-state index contributed by atoms with van der Waals surface area (Å²) in [5, 5.41) is 6.49. The van der Waals surface area contributed by atoms with Crippen molar-refractivity contribution < 1.29 is 9.13 Å². The van der Waals surface area contributed by atoms with E-state index in [1.54, 1.807) is 31.4 Å². The summed E-state index contributed by atoms with van der Waals surface area (Å²) in [4.78, 5) is 8.50. The fourth-order valence-electron chi connectivity index (χ4n) is 1.96. The smallest absolute Gasteiger partial charge is 0.191 e. The molecule has 1 heterocycles. The molecule has 0 aliphatic carbocycles. The van der Waals surface area contributed by atoms with Crippen LogP contribution in [0.1, 0.15) is 26.5 Å². The first-order chi connectivity index (χ1) is 11.4. The third kappa shape index (κ3) is 7.68. The molecule has 0 saturated heterocycles. The van der Waals surface area contributed by atoms with Gasteiger partial charge in [0.2, 0.25) is 0 Å². The molecule has 7 heteroatoms. The summed E-state index contributed by atoms with van der Waals surface area (Å²) in [6.07, 6.45) is 1.68. The molecular formula is C18H24FIN4O. The molecular weight excluding hydrogens is 434 g/mol.